The minimum atomic E-state index is -0.690. The third-order valence-electron chi connectivity index (χ3n) is 6.74. The Morgan fingerprint density at radius 1 is 0.825 bits per heavy atom. The van der Waals surface area contributed by atoms with Gasteiger partial charge in [0.2, 0.25) is 0 Å². The zero-order chi connectivity index (χ0) is 28.6. The summed E-state index contributed by atoms with van der Waals surface area (Å²) in [7, 11) is 1.37. The van der Waals surface area contributed by atoms with E-state index in [9.17, 15) is 14.4 Å². The van der Waals surface area contributed by atoms with Crippen molar-refractivity contribution in [3.8, 4) is 11.4 Å². The molecule has 1 aliphatic rings. The molecule has 202 valence electrons. The predicted octanol–water partition coefficient (Wildman–Crippen LogP) is 6.99. The van der Waals surface area contributed by atoms with Crippen molar-refractivity contribution in [2.24, 2.45) is 0 Å². The van der Waals surface area contributed by atoms with Crippen molar-refractivity contribution in [1.82, 2.24) is 9.47 Å². The Morgan fingerprint density at radius 2 is 1.52 bits per heavy atom. The zero-order valence-corrected chi connectivity index (χ0v) is 23.5. The normalized spacial score (nSPS) is 14.8. The Hall–Kier alpha value is -4.33. The van der Waals surface area contributed by atoms with Crippen molar-refractivity contribution in [1.29, 1.82) is 0 Å². The van der Waals surface area contributed by atoms with Crippen LogP contribution in [0.15, 0.2) is 84.4 Å². The largest absolute Gasteiger partial charge is 0.489 e. The molecule has 0 N–H and O–H groups in total. The molecule has 0 atom stereocenters. The van der Waals surface area contributed by atoms with Gasteiger partial charge in [-0.15, -0.1) is 0 Å². The molecule has 0 aliphatic carbocycles. The first kappa shape index (κ1) is 27.2. The number of imide groups is 2. The molecule has 5 rings (SSSR count). The molecule has 7 nitrogen and oxygen atoms in total. The van der Waals surface area contributed by atoms with Crippen LogP contribution in [0.3, 0.4) is 0 Å². The molecule has 1 aliphatic heterocycles. The second-order valence-electron chi connectivity index (χ2n) is 9.36. The monoisotopic (exact) mass is 573 g/mol. The average molecular weight is 574 g/mol. The highest BCUT2D eigenvalue weighted by Crippen LogP contribution is 2.29. The first-order valence-electron chi connectivity index (χ1n) is 12.4. The number of anilines is 1. The number of carbonyl (C=O) groups is 3. The molecular weight excluding hydrogens is 549 g/mol. The standard InChI is InChI=1S/C31H25Cl2N3O4/c1-19-15-22(16-27-29(37)34(3)31(39)36(30(27)38)24-7-5-4-6-8-24)20(2)35(19)25-11-13-26(14-12-25)40-18-21-9-10-23(32)17-28(21)33/h4-17H,18H2,1-3H3/b27-16+. The van der Waals surface area contributed by atoms with Crippen LogP contribution >= 0.6 is 23.2 Å². The van der Waals surface area contributed by atoms with Gasteiger partial charge in [-0.25, -0.2) is 9.69 Å². The van der Waals surface area contributed by atoms with Crippen molar-refractivity contribution in [2.45, 2.75) is 20.5 Å². The fourth-order valence-electron chi connectivity index (χ4n) is 4.62. The molecule has 1 aromatic heterocycles. The number of carbonyl (C=O) groups excluding carboxylic acids is 3. The van der Waals surface area contributed by atoms with Crippen molar-refractivity contribution in [3.05, 3.63) is 117 Å². The highest BCUT2D eigenvalue weighted by molar-refractivity contribution is 6.39. The van der Waals surface area contributed by atoms with Crippen LogP contribution in [-0.2, 0) is 16.2 Å². The molecule has 4 amide bonds. The summed E-state index contributed by atoms with van der Waals surface area (Å²) in [5, 5.41) is 1.11. The lowest BCUT2D eigenvalue weighted by atomic mass is 10.1. The quantitative estimate of drug-likeness (QED) is 0.184. The van der Waals surface area contributed by atoms with Crippen molar-refractivity contribution >= 4 is 52.8 Å². The molecule has 4 aromatic rings. The van der Waals surface area contributed by atoms with Gasteiger partial charge >= 0.3 is 6.03 Å². The van der Waals surface area contributed by atoms with Crippen LogP contribution in [0.2, 0.25) is 10.0 Å². The lowest BCUT2D eigenvalue weighted by Crippen LogP contribution is -2.55. The van der Waals surface area contributed by atoms with Crippen molar-refractivity contribution in [2.75, 3.05) is 11.9 Å². The van der Waals surface area contributed by atoms with Crippen LogP contribution in [0, 0.1) is 13.8 Å². The van der Waals surface area contributed by atoms with E-state index in [0.717, 1.165) is 32.4 Å². The number of aryl methyl sites for hydroxylation is 1. The molecular formula is C31H25Cl2N3O4. The maximum Gasteiger partial charge on any atom is 0.338 e. The molecule has 0 bridgehead atoms. The third-order valence-corrected chi connectivity index (χ3v) is 7.32. The van der Waals surface area contributed by atoms with Gasteiger partial charge in [-0.2, -0.15) is 0 Å². The van der Waals surface area contributed by atoms with Crippen molar-refractivity contribution in [3.63, 3.8) is 0 Å². The second kappa shape index (κ2) is 11.0. The fourth-order valence-corrected chi connectivity index (χ4v) is 5.09. The predicted molar refractivity (Wildman–Crippen MR) is 156 cm³/mol. The number of hydrogen-bond acceptors (Lipinski definition) is 4. The van der Waals surface area contributed by atoms with Gasteiger partial charge in [0, 0.05) is 39.7 Å². The van der Waals surface area contributed by atoms with Gasteiger partial charge in [0.05, 0.1) is 5.69 Å². The summed E-state index contributed by atoms with van der Waals surface area (Å²) in [5.41, 5.74) is 4.46. The topological polar surface area (TPSA) is 71.9 Å². The summed E-state index contributed by atoms with van der Waals surface area (Å²) in [6.07, 6.45) is 1.55. The van der Waals surface area contributed by atoms with E-state index in [4.69, 9.17) is 27.9 Å². The van der Waals surface area contributed by atoms with Gasteiger partial charge in [0.1, 0.15) is 17.9 Å². The number of halogens is 2. The number of amides is 4. The number of hydrogen-bond donors (Lipinski definition) is 0. The number of likely N-dealkylation sites (N-methyl/N-ethyl adjacent to an activating group) is 1. The minimum absolute atomic E-state index is 0.0872. The van der Waals surface area contributed by atoms with Crippen LogP contribution in [-0.4, -0.2) is 34.4 Å². The highest BCUT2D eigenvalue weighted by atomic mass is 35.5. The summed E-state index contributed by atoms with van der Waals surface area (Å²) in [5.74, 6) is -0.632. The van der Waals surface area contributed by atoms with Crippen molar-refractivity contribution < 1.29 is 19.1 Å². The van der Waals surface area contributed by atoms with E-state index in [1.807, 2.05) is 54.8 Å². The molecule has 0 unspecified atom stereocenters. The number of ether oxygens (including phenoxy) is 1. The Kier molecular flexibility index (Phi) is 7.52. The first-order valence-corrected chi connectivity index (χ1v) is 13.2. The van der Waals surface area contributed by atoms with Gasteiger partial charge in [-0.05, 0) is 80.1 Å². The van der Waals surface area contributed by atoms with E-state index in [1.54, 1.807) is 48.5 Å². The number of barbiturate groups is 1. The maximum absolute atomic E-state index is 13.4. The Balaban J connectivity index is 1.41. The number of nitrogens with zero attached hydrogens (tertiary/aromatic N) is 3. The van der Waals surface area contributed by atoms with E-state index >= 15 is 0 Å². The number of benzene rings is 3. The summed E-state index contributed by atoms with van der Waals surface area (Å²) in [6, 6.07) is 22.6. The molecule has 40 heavy (non-hydrogen) atoms. The van der Waals surface area contributed by atoms with E-state index < -0.39 is 17.8 Å². The van der Waals surface area contributed by atoms with Gasteiger partial charge in [-0.3, -0.25) is 14.5 Å². The van der Waals surface area contributed by atoms with E-state index in [0.29, 0.717) is 33.7 Å². The average Bonchev–Trinajstić information content (AvgIpc) is 3.22. The lowest BCUT2D eigenvalue weighted by Gasteiger charge is -2.31. The van der Waals surface area contributed by atoms with Crippen LogP contribution in [0.4, 0.5) is 10.5 Å². The molecule has 1 fully saturated rings. The van der Waals surface area contributed by atoms with E-state index in [2.05, 4.69) is 0 Å². The minimum Gasteiger partial charge on any atom is -0.489 e. The lowest BCUT2D eigenvalue weighted by molar-refractivity contribution is -0.128. The molecule has 9 heteroatoms. The van der Waals surface area contributed by atoms with E-state index in [1.165, 1.54) is 7.05 Å². The molecule has 0 saturated carbocycles. The van der Waals surface area contributed by atoms with E-state index in [-0.39, 0.29) is 5.57 Å². The summed E-state index contributed by atoms with van der Waals surface area (Å²) < 4.78 is 7.92. The van der Waals surface area contributed by atoms with Crippen LogP contribution < -0.4 is 9.64 Å². The van der Waals surface area contributed by atoms with Crippen LogP contribution in [0.25, 0.3) is 11.8 Å². The first-order chi connectivity index (χ1) is 19.2. The second-order valence-corrected chi connectivity index (χ2v) is 10.2. The molecule has 0 radical (unpaired) electrons. The number of para-hydroxylation sites is 1. The summed E-state index contributed by atoms with van der Waals surface area (Å²) in [4.78, 5) is 41.1. The highest BCUT2D eigenvalue weighted by Gasteiger charge is 2.41. The third kappa shape index (κ3) is 5.13. The Bertz CT molecular complexity index is 1660. The SMILES string of the molecule is Cc1cc(/C=C2\C(=O)N(C)C(=O)N(c3ccccc3)C2=O)c(C)n1-c1ccc(OCc2ccc(Cl)cc2Cl)cc1. The van der Waals surface area contributed by atoms with Gasteiger partial charge < -0.3 is 9.30 Å². The number of urea groups is 1. The zero-order valence-electron chi connectivity index (χ0n) is 22.0. The molecule has 1 saturated heterocycles. The number of aromatic nitrogens is 1. The van der Waals surface area contributed by atoms with Crippen LogP contribution in [0.1, 0.15) is 22.5 Å². The summed E-state index contributed by atoms with van der Waals surface area (Å²) in [6.45, 7) is 4.15. The van der Waals surface area contributed by atoms with Crippen LogP contribution in [0.5, 0.6) is 5.75 Å². The fraction of sp³-hybridized carbons (Fsp3) is 0.129. The summed E-state index contributed by atoms with van der Waals surface area (Å²) >= 11 is 12.2. The Labute approximate surface area is 241 Å². The van der Waals surface area contributed by atoms with Gasteiger partial charge in [0.15, 0.2) is 0 Å². The number of rotatable bonds is 6. The van der Waals surface area contributed by atoms with Gasteiger partial charge in [0.25, 0.3) is 11.8 Å². The maximum atomic E-state index is 13.4. The Morgan fingerprint density at radius 3 is 2.20 bits per heavy atom. The van der Waals surface area contributed by atoms with Gasteiger partial charge in [-0.1, -0.05) is 47.5 Å². The molecule has 0 spiro atoms. The molecule has 2 heterocycles. The molecule has 3 aromatic carbocycles. The smallest absolute Gasteiger partial charge is 0.338 e.